The summed E-state index contributed by atoms with van der Waals surface area (Å²) in [5.74, 6) is 1.72. The van der Waals surface area contributed by atoms with Crippen LogP contribution in [-0.4, -0.2) is 44.2 Å². The van der Waals surface area contributed by atoms with E-state index in [1.807, 2.05) is 18.3 Å². The first-order valence-electron chi connectivity index (χ1n) is 10.3. The van der Waals surface area contributed by atoms with Crippen molar-refractivity contribution in [1.29, 1.82) is 0 Å². The Labute approximate surface area is 210 Å². The summed E-state index contributed by atoms with van der Waals surface area (Å²) in [4.78, 5) is 27.6. The first-order valence-corrected chi connectivity index (χ1v) is 11.3. The zero-order chi connectivity index (χ0) is 24.5. The SMILES string of the molecule is COc1c(C)cc(PC2CCCC2[C@H](C)[N-]Cc2ccccn2)cc1C.[CH-]=O.[CH-]=O.[CH-]=O.[Mn]. The number of hydrogen-bond donors (Lipinski definition) is 0. The predicted octanol–water partition coefficient (Wildman–Crippen LogP) is 4.32. The van der Waals surface area contributed by atoms with Gasteiger partial charge in [0.2, 0.25) is 0 Å². The van der Waals surface area contributed by atoms with E-state index in [0.717, 1.165) is 32.2 Å². The fraction of sp³-hybridized carbons (Fsp3) is 0.440. The van der Waals surface area contributed by atoms with E-state index in [2.05, 4.69) is 64.3 Å². The quantitative estimate of drug-likeness (QED) is 0.239. The number of rotatable bonds is 7. The summed E-state index contributed by atoms with van der Waals surface area (Å²) in [6, 6.07) is 11.1. The molecule has 3 unspecified atom stereocenters. The monoisotopic (exact) mass is 511 g/mol. The first-order chi connectivity index (χ1) is 15.6. The molecule has 0 amide bonds. The number of aryl methyl sites for hydroxylation is 2. The number of ether oxygens (including phenoxy) is 1. The van der Waals surface area contributed by atoms with Gasteiger partial charge in [-0.15, -0.1) is 12.6 Å². The Hall–Kier alpha value is -1.91. The van der Waals surface area contributed by atoms with Crippen LogP contribution in [0.2, 0.25) is 0 Å². The number of methoxy groups -OCH3 is 1. The molecule has 6 nitrogen and oxygen atoms in total. The average Bonchev–Trinajstić information content (AvgIpc) is 3.30. The zero-order valence-corrected chi connectivity index (χ0v) is 21.8. The maximum atomic E-state index is 7.75. The maximum absolute atomic E-state index is 7.75. The predicted molar refractivity (Wildman–Crippen MR) is 133 cm³/mol. The van der Waals surface area contributed by atoms with Crippen LogP contribution in [-0.2, 0) is 38.0 Å². The van der Waals surface area contributed by atoms with Crippen LogP contribution in [0.4, 0.5) is 0 Å². The van der Waals surface area contributed by atoms with Crippen molar-refractivity contribution in [2.45, 2.75) is 58.3 Å². The molecule has 0 aliphatic heterocycles. The Kier molecular flexibility index (Phi) is 19.7. The molecule has 0 saturated heterocycles. The molecule has 0 spiro atoms. The summed E-state index contributed by atoms with van der Waals surface area (Å²) in [6.45, 7) is 17.1. The minimum atomic E-state index is 0. The molecule has 1 aromatic carbocycles. The van der Waals surface area contributed by atoms with E-state index in [1.165, 1.54) is 35.7 Å². The smallest absolute Gasteiger partial charge is 0.124 e. The number of benzene rings is 1. The van der Waals surface area contributed by atoms with Gasteiger partial charge in [0.15, 0.2) is 0 Å². The van der Waals surface area contributed by atoms with Gasteiger partial charge in [-0.25, -0.2) is 0 Å². The molecular formula is C25H33MnN2O4P-4. The van der Waals surface area contributed by atoms with Gasteiger partial charge < -0.3 is 24.4 Å². The van der Waals surface area contributed by atoms with E-state index in [-0.39, 0.29) is 17.1 Å². The summed E-state index contributed by atoms with van der Waals surface area (Å²) in [7, 11) is 2.62. The number of pyridine rings is 1. The van der Waals surface area contributed by atoms with Crippen molar-refractivity contribution >= 4 is 34.3 Å². The molecule has 0 bridgehead atoms. The Morgan fingerprint density at radius 2 is 1.70 bits per heavy atom. The third kappa shape index (κ3) is 10.7. The minimum absolute atomic E-state index is 0. The van der Waals surface area contributed by atoms with Gasteiger partial charge in [0.05, 0.1) is 7.11 Å². The van der Waals surface area contributed by atoms with E-state index in [1.54, 1.807) is 7.11 Å². The molecule has 1 heterocycles. The molecular weight excluding hydrogens is 478 g/mol. The Balaban J connectivity index is 0. The average molecular weight is 511 g/mol. The van der Waals surface area contributed by atoms with Crippen LogP contribution >= 0.6 is 8.58 Å². The first kappa shape index (κ1) is 33.3. The van der Waals surface area contributed by atoms with E-state index >= 15 is 0 Å². The molecule has 3 rings (SSSR count). The van der Waals surface area contributed by atoms with Crippen LogP contribution < -0.4 is 10.0 Å². The van der Waals surface area contributed by atoms with Gasteiger partial charge in [-0.05, 0) is 66.6 Å². The third-order valence-electron chi connectivity index (χ3n) is 5.47. The number of nitrogens with zero attached hydrogens (tertiary/aromatic N) is 2. The molecule has 1 radical (unpaired) electrons. The number of aromatic nitrogens is 1. The van der Waals surface area contributed by atoms with Crippen LogP contribution in [0.5, 0.6) is 5.75 Å². The van der Waals surface area contributed by atoms with Crippen LogP contribution in [0.1, 0.15) is 43.0 Å². The second-order valence-electron chi connectivity index (χ2n) is 7.39. The largest absolute Gasteiger partial charge is 0.654 e. The second-order valence-corrected chi connectivity index (χ2v) is 9.00. The van der Waals surface area contributed by atoms with E-state index in [4.69, 9.17) is 24.4 Å². The normalized spacial score (nSPS) is 17.2. The Bertz CT molecular complexity index is 754. The fourth-order valence-electron chi connectivity index (χ4n) is 4.18. The van der Waals surface area contributed by atoms with Crippen LogP contribution in [0.3, 0.4) is 0 Å². The molecule has 8 heteroatoms. The van der Waals surface area contributed by atoms with Crippen LogP contribution in [0.15, 0.2) is 36.5 Å². The fourth-order valence-corrected chi connectivity index (χ4v) is 6.22. The molecule has 0 N–H and O–H groups in total. The summed E-state index contributed by atoms with van der Waals surface area (Å²) >= 11 is 0. The van der Waals surface area contributed by atoms with Gasteiger partial charge >= 0.3 is 0 Å². The van der Waals surface area contributed by atoms with Crippen molar-refractivity contribution in [2.75, 3.05) is 7.11 Å². The van der Waals surface area contributed by atoms with Gasteiger partial charge in [0.25, 0.3) is 0 Å². The van der Waals surface area contributed by atoms with Gasteiger partial charge in [-0.1, -0.05) is 40.3 Å². The summed E-state index contributed by atoms with van der Waals surface area (Å²) in [6.07, 6.45) is 5.82. The summed E-state index contributed by atoms with van der Waals surface area (Å²) in [5, 5.41) is 6.42. The summed E-state index contributed by atoms with van der Waals surface area (Å²) in [5.41, 5.74) is 4.32. The molecule has 4 atom stereocenters. The van der Waals surface area contributed by atoms with Crippen LogP contribution in [0.25, 0.3) is 5.32 Å². The van der Waals surface area contributed by atoms with E-state index < -0.39 is 0 Å². The molecule has 1 fully saturated rings. The van der Waals surface area contributed by atoms with Crippen molar-refractivity contribution < 1.29 is 36.2 Å². The number of carbonyl (C=O) groups excluding carboxylic acids is 3. The Morgan fingerprint density at radius 1 is 1.09 bits per heavy atom. The van der Waals surface area contributed by atoms with Crippen molar-refractivity contribution in [2.24, 2.45) is 5.92 Å². The molecule has 1 aliphatic carbocycles. The maximum Gasteiger partial charge on any atom is 0.124 e. The van der Waals surface area contributed by atoms with Crippen LogP contribution in [0, 0.1) is 19.8 Å². The summed E-state index contributed by atoms with van der Waals surface area (Å²) < 4.78 is 5.52. The van der Waals surface area contributed by atoms with Gasteiger partial charge in [0, 0.05) is 29.0 Å². The number of hydrogen-bond acceptors (Lipinski definition) is 5. The molecule has 183 valence electrons. The molecule has 2 aromatic rings. The van der Waals surface area contributed by atoms with Gasteiger partial charge in [-0.3, -0.25) is 25.4 Å². The van der Waals surface area contributed by atoms with E-state index in [0.29, 0.717) is 12.0 Å². The van der Waals surface area contributed by atoms with Crippen molar-refractivity contribution in [3.05, 3.63) is 58.7 Å². The third-order valence-corrected chi connectivity index (χ3v) is 7.18. The molecule has 33 heavy (non-hydrogen) atoms. The second kappa shape index (κ2) is 19.5. The zero-order valence-electron chi connectivity index (χ0n) is 19.7. The molecule has 1 aliphatic rings. The molecule has 1 aromatic heterocycles. The molecule has 1 saturated carbocycles. The Morgan fingerprint density at radius 3 is 2.21 bits per heavy atom. The van der Waals surface area contributed by atoms with Gasteiger partial charge in [-0.2, -0.15) is 0 Å². The minimum Gasteiger partial charge on any atom is -0.654 e. The van der Waals surface area contributed by atoms with Crippen molar-refractivity contribution in [3.8, 4) is 5.75 Å². The van der Waals surface area contributed by atoms with E-state index in [9.17, 15) is 0 Å². The standard InChI is InChI=1S/C22H30N2OP.3CHO.Mn/c1-15-12-19(13-16(2)22(15)25-4)26-21-10-7-9-20(21)17(3)24-14-18-8-5-6-11-23-18;3*1-2;/h5-6,8,11-13,17,20-21,26H,7,9-10,14H2,1-4H3;3*1H;/q4*-1;/t17-,20?,21?;;;;/m0..../s1. The van der Waals surface area contributed by atoms with Crippen molar-refractivity contribution in [3.63, 3.8) is 0 Å². The van der Waals surface area contributed by atoms with Gasteiger partial charge in [0.1, 0.15) is 5.75 Å². The topological polar surface area (TPSA) is 87.4 Å². The van der Waals surface area contributed by atoms with Crippen molar-refractivity contribution in [1.82, 2.24) is 4.98 Å².